The van der Waals surface area contributed by atoms with E-state index in [1.54, 1.807) is 0 Å². The van der Waals surface area contributed by atoms with Gasteiger partial charge in [0.15, 0.2) is 0 Å². The number of hydrogen-bond acceptors (Lipinski definition) is 3. The third-order valence-corrected chi connectivity index (χ3v) is 5.86. The average Bonchev–Trinajstić information content (AvgIpc) is 2.70. The predicted molar refractivity (Wildman–Crippen MR) is 83.1 cm³/mol. The summed E-state index contributed by atoms with van der Waals surface area (Å²) in [7, 11) is 1.65. The highest BCUT2D eigenvalue weighted by atomic mass is 32.3. The van der Waals surface area contributed by atoms with Crippen molar-refractivity contribution in [3.05, 3.63) is 48.5 Å². The molecule has 1 N–H and O–H groups in total. The lowest BCUT2D eigenvalue weighted by atomic mass is 10.1. The summed E-state index contributed by atoms with van der Waals surface area (Å²) in [6.45, 7) is 1.31. The van der Waals surface area contributed by atoms with Crippen molar-refractivity contribution in [1.82, 2.24) is 4.90 Å². The third kappa shape index (κ3) is 2.15. The van der Waals surface area contributed by atoms with Crippen LogP contribution in [0.15, 0.2) is 58.3 Å². The fourth-order valence-electron chi connectivity index (χ4n) is 2.45. The van der Waals surface area contributed by atoms with Crippen LogP contribution in [0.3, 0.4) is 0 Å². The molecule has 0 unspecified atom stereocenters. The molecule has 2 aromatic carbocycles. The molecule has 0 fully saturated rings. The van der Waals surface area contributed by atoms with Gasteiger partial charge in [-0.3, -0.25) is 8.74 Å². The molecule has 4 heteroatoms. The van der Waals surface area contributed by atoms with Crippen molar-refractivity contribution in [2.24, 2.45) is 0 Å². The zero-order valence-corrected chi connectivity index (χ0v) is 12.6. The zero-order valence-electron chi connectivity index (χ0n) is 11.7. The molecule has 0 amide bonds. The monoisotopic (exact) mass is 289 g/mol. The molecule has 0 radical (unpaired) electrons. The van der Waals surface area contributed by atoms with E-state index >= 15 is 0 Å². The minimum absolute atomic E-state index is 0.515. The Kier molecular flexibility index (Phi) is 3.56. The smallest absolute Gasteiger partial charge is 0.0849 e. The Morgan fingerprint density at radius 3 is 1.95 bits per heavy atom. The van der Waals surface area contributed by atoms with Crippen molar-refractivity contribution in [3.63, 3.8) is 0 Å². The molecule has 0 saturated carbocycles. The number of fused-ring (bicyclic) bond motifs is 3. The largest absolute Gasteiger partial charge is 0.307 e. The highest BCUT2D eigenvalue weighted by molar-refractivity contribution is 8.25. The van der Waals surface area contributed by atoms with Crippen LogP contribution >= 0.6 is 10.6 Å². The number of nitrogens with zero attached hydrogens (tertiary/aromatic N) is 1. The SMILES string of the molecule is CN(C)CCOS1(O)c2ccccc2-c2ccccc21. The van der Waals surface area contributed by atoms with E-state index in [9.17, 15) is 4.55 Å². The van der Waals surface area contributed by atoms with E-state index in [2.05, 4.69) is 17.0 Å². The zero-order chi connectivity index (χ0) is 14.2. The normalized spacial score (nSPS) is 16.8. The van der Waals surface area contributed by atoms with E-state index in [0.717, 1.165) is 27.5 Å². The molecule has 1 heterocycles. The van der Waals surface area contributed by atoms with Crippen molar-refractivity contribution in [3.8, 4) is 11.1 Å². The van der Waals surface area contributed by atoms with Crippen molar-refractivity contribution in [2.45, 2.75) is 9.79 Å². The standard InChI is InChI=1S/C16H19NO2S/c1-17(2)11-12-19-20(18)15-9-5-3-7-13(15)14-8-4-6-10-16(14)20/h3-10,18H,11-12H2,1-2H3. The highest BCUT2D eigenvalue weighted by Crippen LogP contribution is 2.69. The van der Waals surface area contributed by atoms with Gasteiger partial charge in [0.05, 0.1) is 16.4 Å². The van der Waals surface area contributed by atoms with E-state index in [1.165, 1.54) is 0 Å². The van der Waals surface area contributed by atoms with Gasteiger partial charge in [-0.1, -0.05) is 36.4 Å². The van der Waals surface area contributed by atoms with Gasteiger partial charge in [0.25, 0.3) is 0 Å². The molecule has 1 aliphatic rings. The molecule has 0 saturated heterocycles. The summed E-state index contributed by atoms with van der Waals surface area (Å²) in [5.74, 6) is 0. The Morgan fingerprint density at radius 1 is 0.950 bits per heavy atom. The molecule has 3 nitrogen and oxygen atoms in total. The molecule has 20 heavy (non-hydrogen) atoms. The molecule has 106 valence electrons. The third-order valence-electron chi connectivity index (χ3n) is 3.45. The predicted octanol–water partition coefficient (Wildman–Crippen LogP) is 3.86. The second kappa shape index (κ2) is 5.22. The fourth-order valence-corrected chi connectivity index (χ4v) is 4.73. The van der Waals surface area contributed by atoms with Gasteiger partial charge in [-0.05, 0) is 26.2 Å². The summed E-state index contributed by atoms with van der Waals surface area (Å²) in [5, 5.41) is 0. The van der Waals surface area contributed by atoms with Crippen molar-refractivity contribution >= 4 is 10.6 Å². The minimum Gasteiger partial charge on any atom is -0.307 e. The number of hydrogen-bond donors (Lipinski definition) is 1. The quantitative estimate of drug-likeness (QED) is 0.928. The van der Waals surface area contributed by atoms with Gasteiger partial charge in [-0.15, -0.1) is 10.6 Å². The van der Waals surface area contributed by atoms with Crippen LogP contribution in [0.4, 0.5) is 0 Å². The number of rotatable bonds is 4. The van der Waals surface area contributed by atoms with E-state index in [4.69, 9.17) is 4.18 Å². The van der Waals surface area contributed by atoms with Crippen LogP contribution in [0.1, 0.15) is 0 Å². The van der Waals surface area contributed by atoms with Gasteiger partial charge in [-0.2, -0.15) is 0 Å². The van der Waals surface area contributed by atoms with Crippen LogP contribution in [-0.4, -0.2) is 36.7 Å². The van der Waals surface area contributed by atoms with Crippen molar-refractivity contribution in [2.75, 3.05) is 27.2 Å². The summed E-state index contributed by atoms with van der Waals surface area (Å²) in [6, 6.07) is 16.0. The van der Waals surface area contributed by atoms with Crippen LogP contribution < -0.4 is 0 Å². The molecular formula is C16H19NO2S. The molecule has 0 spiro atoms. The molecule has 3 rings (SSSR count). The molecular weight excluding hydrogens is 270 g/mol. The molecule has 0 aliphatic carbocycles. The maximum atomic E-state index is 11.2. The summed E-state index contributed by atoms with van der Waals surface area (Å²) in [5.41, 5.74) is 2.18. The van der Waals surface area contributed by atoms with E-state index in [0.29, 0.717) is 6.61 Å². The maximum Gasteiger partial charge on any atom is 0.0849 e. The Labute approximate surface area is 121 Å². The Balaban J connectivity index is 2.01. The first-order valence-corrected chi connectivity index (χ1v) is 8.18. The van der Waals surface area contributed by atoms with Gasteiger partial charge in [-0.25, -0.2) is 0 Å². The summed E-state index contributed by atoms with van der Waals surface area (Å²) < 4.78 is 17.1. The van der Waals surface area contributed by atoms with Gasteiger partial charge in [0.1, 0.15) is 0 Å². The lowest BCUT2D eigenvalue weighted by Crippen LogP contribution is -2.19. The first-order valence-electron chi connectivity index (χ1n) is 6.66. The first-order chi connectivity index (χ1) is 9.63. The Hall–Kier alpha value is -1.33. The Bertz CT molecular complexity index is 582. The van der Waals surface area contributed by atoms with Gasteiger partial charge in [0, 0.05) is 17.7 Å². The van der Waals surface area contributed by atoms with E-state index < -0.39 is 10.6 Å². The first kappa shape index (κ1) is 13.6. The van der Waals surface area contributed by atoms with Crippen LogP contribution in [0.2, 0.25) is 0 Å². The summed E-state index contributed by atoms with van der Waals surface area (Å²) in [6.07, 6.45) is 0. The van der Waals surface area contributed by atoms with Crippen molar-refractivity contribution in [1.29, 1.82) is 0 Å². The molecule has 0 atom stereocenters. The molecule has 0 aromatic heterocycles. The average molecular weight is 289 g/mol. The minimum atomic E-state index is -2.34. The Morgan fingerprint density at radius 2 is 1.45 bits per heavy atom. The fraction of sp³-hybridized carbons (Fsp3) is 0.250. The van der Waals surface area contributed by atoms with Crippen LogP contribution in [0.5, 0.6) is 0 Å². The second-order valence-electron chi connectivity index (χ2n) is 5.14. The second-order valence-corrected chi connectivity index (χ2v) is 7.31. The highest BCUT2D eigenvalue weighted by Gasteiger charge is 2.35. The van der Waals surface area contributed by atoms with Crippen LogP contribution in [-0.2, 0) is 4.18 Å². The van der Waals surface area contributed by atoms with Gasteiger partial charge < -0.3 is 4.90 Å². The lowest BCUT2D eigenvalue weighted by Gasteiger charge is -2.35. The van der Waals surface area contributed by atoms with Crippen LogP contribution in [0, 0.1) is 0 Å². The van der Waals surface area contributed by atoms with E-state index in [-0.39, 0.29) is 0 Å². The van der Waals surface area contributed by atoms with Crippen LogP contribution in [0.25, 0.3) is 11.1 Å². The number of benzene rings is 2. The molecule has 1 aliphatic heterocycles. The van der Waals surface area contributed by atoms with Crippen molar-refractivity contribution < 1.29 is 8.74 Å². The lowest BCUT2D eigenvalue weighted by molar-refractivity contribution is 0.263. The summed E-state index contributed by atoms with van der Waals surface area (Å²) >= 11 is 0. The summed E-state index contributed by atoms with van der Waals surface area (Å²) in [4.78, 5) is 3.88. The number of likely N-dealkylation sites (N-methyl/N-ethyl adjacent to an activating group) is 1. The molecule has 2 aromatic rings. The maximum absolute atomic E-state index is 11.2. The van der Waals surface area contributed by atoms with Gasteiger partial charge in [0.2, 0.25) is 0 Å². The topological polar surface area (TPSA) is 32.7 Å². The van der Waals surface area contributed by atoms with Gasteiger partial charge >= 0.3 is 0 Å². The molecule has 0 bridgehead atoms. The van der Waals surface area contributed by atoms with E-state index in [1.807, 2.05) is 50.5 Å².